The van der Waals surface area contributed by atoms with Crippen LogP contribution < -0.4 is 11.1 Å². The van der Waals surface area contributed by atoms with E-state index in [0.717, 1.165) is 5.56 Å². The van der Waals surface area contributed by atoms with Crippen LogP contribution in [0.3, 0.4) is 0 Å². The lowest BCUT2D eigenvalue weighted by Crippen LogP contribution is -2.52. The molecule has 114 valence electrons. The molecule has 0 aliphatic rings. The molecule has 1 rings (SSSR count). The van der Waals surface area contributed by atoms with Crippen LogP contribution in [0.5, 0.6) is 0 Å². The Labute approximate surface area is 122 Å². The SMILES string of the molecule is CCOC(=O)C(N)C(=O)N[C@H](Cc1ccccc1)C(=O)O. The molecule has 7 heteroatoms. The summed E-state index contributed by atoms with van der Waals surface area (Å²) in [5, 5.41) is 11.4. The number of carbonyl (C=O) groups excluding carboxylic acids is 2. The van der Waals surface area contributed by atoms with Crippen LogP contribution in [0.1, 0.15) is 12.5 Å². The first-order valence-electron chi connectivity index (χ1n) is 6.45. The van der Waals surface area contributed by atoms with E-state index in [1.54, 1.807) is 37.3 Å². The molecule has 1 amide bonds. The first kappa shape index (κ1) is 16.6. The molecule has 1 aromatic rings. The molecule has 0 spiro atoms. The molecule has 0 aliphatic carbocycles. The topological polar surface area (TPSA) is 119 Å². The Morgan fingerprint density at radius 1 is 1.29 bits per heavy atom. The van der Waals surface area contributed by atoms with Crippen LogP contribution in [0.2, 0.25) is 0 Å². The zero-order valence-electron chi connectivity index (χ0n) is 11.6. The minimum atomic E-state index is -1.54. The van der Waals surface area contributed by atoms with Crippen molar-refractivity contribution in [3.63, 3.8) is 0 Å². The van der Waals surface area contributed by atoms with Crippen molar-refractivity contribution in [3.8, 4) is 0 Å². The fourth-order valence-electron chi connectivity index (χ4n) is 1.65. The van der Waals surface area contributed by atoms with E-state index in [0.29, 0.717) is 0 Å². The first-order chi connectivity index (χ1) is 9.95. The number of hydrogen-bond acceptors (Lipinski definition) is 5. The molecule has 0 saturated heterocycles. The Morgan fingerprint density at radius 3 is 2.43 bits per heavy atom. The maximum Gasteiger partial charge on any atom is 0.332 e. The molecule has 4 N–H and O–H groups in total. The van der Waals surface area contributed by atoms with E-state index in [4.69, 9.17) is 10.8 Å². The standard InChI is InChI=1S/C14H18N2O5/c1-2-21-14(20)11(15)12(17)16-10(13(18)19)8-9-6-4-3-5-7-9/h3-7,10-11H,2,8,15H2,1H3,(H,16,17)(H,18,19)/t10-,11?/m1/s1. The monoisotopic (exact) mass is 294 g/mol. The zero-order chi connectivity index (χ0) is 15.8. The smallest absolute Gasteiger partial charge is 0.332 e. The van der Waals surface area contributed by atoms with Crippen LogP contribution in [-0.2, 0) is 25.5 Å². The third kappa shape index (κ3) is 5.23. The number of carbonyl (C=O) groups is 3. The molecule has 7 nitrogen and oxygen atoms in total. The molecule has 0 fully saturated rings. The minimum Gasteiger partial charge on any atom is -0.480 e. The molecule has 0 heterocycles. The summed E-state index contributed by atoms with van der Waals surface area (Å²) in [4.78, 5) is 34.3. The number of hydrogen-bond donors (Lipinski definition) is 3. The zero-order valence-corrected chi connectivity index (χ0v) is 11.6. The largest absolute Gasteiger partial charge is 0.480 e. The Balaban J connectivity index is 2.68. The van der Waals surface area contributed by atoms with Crippen LogP contribution in [0.15, 0.2) is 30.3 Å². The summed E-state index contributed by atoms with van der Waals surface area (Å²) < 4.78 is 4.61. The third-order valence-corrected chi connectivity index (χ3v) is 2.72. The first-order valence-corrected chi connectivity index (χ1v) is 6.45. The number of amides is 1. The van der Waals surface area contributed by atoms with Gasteiger partial charge in [0.1, 0.15) is 6.04 Å². The number of aliphatic carboxylic acids is 1. The van der Waals surface area contributed by atoms with Gasteiger partial charge in [0, 0.05) is 6.42 Å². The Hall–Kier alpha value is -2.41. The minimum absolute atomic E-state index is 0.0895. The van der Waals surface area contributed by atoms with Crippen molar-refractivity contribution >= 4 is 17.8 Å². The number of carboxylic acid groups (broad SMARTS) is 1. The number of nitrogens with two attached hydrogens (primary N) is 1. The highest BCUT2D eigenvalue weighted by Gasteiger charge is 2.28. The number of carboxylic acids is 1. The average Bonchev–Trinajstić information content (AvgIpc) is 2.46. The lowest BCUT2D eigenvalue weighted by molar-refractivity contribution is -0.150. The van der Waals surface area contributed by atoms with Crippen molar-refractivity contribution in [2.24, 2.45) is 5.73 Å². The molecule has 1 aromatic carbocycles. The van der Waals surface area contributed by atoms with E-state index in [1.807, 2.05) is 0 Å². The van der Waals surface area contributed by atoms with Gasteiger partial charge in [0.2, 0.25) is 5.91 Å². The maximum absolute atomic E-state index is 11.8. The fourth-order valence-corrected chi connectivity index (χ4v) is 1.65. The van der Waals surface area contributed by atoms with Gasteiger partial charge in [0.15, 0.2) is 6.04 Å². The summed E-state index contributed by atoms with van der Waals surface area (Å²) in [6.07, 6.45) is 0.0947. The molecule has 0 aliphatic heterocycles. The van der Waals surface area contributed by atoms with Crippen molar-refractivity contribution < 1.29 is 24.2 Å². The van der Waals surface area contributed by atoms with Crippen LogP contribution >= 0.6 is 0 Å². The molecule has 21 heavy (non-hydrogen) atoms. The van der Waals surface area contributed by atoms with Gasteiger partial charge in [-0.3, -0.25) is 4.79 Å². The van der Waals surface area contributed by atoms with Gasteiger partial charge in [-0.25, -0.2) is 9.59 Å². The van der Waals surface area contributed by atoms with Crippen molar-refractivity contribution in [3.05, 3.63) is 35.9 Å². The van der Waals surface area contributed by atoms with Crippen LogP contribution in [0.4, 0.5) is 0 Å². The van der Waals surface area contributed by atoms with Gasteiger partial charge in [0.25, 0.3) is 0 Å². The molecule has 0 aromatic heterocycles. The molecular weight excluding hydrogens is 276 g/mol. The average molecular weight is 294 g/mol. The summed E-state index contributed by atoms with van der Waals surface area (Å²) in [7, 11) is 0. The predicted molar refractivity (Wildman–Crippen MR) is 74.3 cm³/mol. The highest BCUT2D eigenvalue weighted by atomic mass is 16.5. The van der Waals surface area contributed by atoms with E-state index in [2.05, 4.69) is 10.1 Å². The van der Waals surface area contributed by atoms with E-state index < -0.39 is 29.9 Å². The molecule has 0 radical (unpaired) electrons. The number of esters is 1. The molecule has 0 saturated carbocycles. The quantitative estimate of drug-likeness (QED) is 0.469. The Bertz CT molecular complexity index is 503. The van der Waals surface area contributed by atoms with Gasteiger partial charge in [-0.05, 0) is 12.5 Å². The second kappa shape index (κ2) is 8.01. The van der Waals surface area contributed by atoms with Crippen molar-refractivity contribution in [1.82, 2.24) is 5.32 Å². The molecule has 2 atom stereocenters. The van der Waals surface area contributed by atoms with E-state index in [-0.39, 0.29) is 13.0 Å². The Morgan fingerprint density at radius 2 is 1.90 bits per heavy atom. The highest BCUT2D eigenvalue weighted by molar-refractivity contribution is 6.02. The van der Waals surface area contributed by atoms with Gasteiger partial charge in [-0.1, -0.05) is 30.3 Å². The van der Waals surface area contributed by atoms with Gasteiger partial charge in [0.05, 0.1) is 6.61 Å². The predicted octanol–water partition coefficient (Wildman–Crippen LogP) is -0.311. The van der Waals surface area contributed by atoms with Crippen LogP contribution in [-0.4, -0.2) is 41.6 Å². The molecule has 1 unspecified atom stereocenters. The normalized spacial score (nSPS) is 13.0. The number of benzene rings is 1. The highest BCUT2D eigenvalue weighted by Crippen LogP contribution is 2.04. The number of ether oxygens (including phenoxy) is 1. The summed E-state index contributed by atoms with van der Waals surface area (Å²) in [5.74, 6) is -2.97. The summed E-state index contributed by atoms with van der Waals surface area (Å²) in [6.45, 7) is 1.67. The Kier molecular flexibility index (Phi) is 6.35. The van der Waals surface area contributed by atoms with Crippen molar-refractivity contribution in [2.75, 3.05) is 6.61 Å². The van der Waals surface area contributed by atoms with Crippen molar-refractivity contribution in [1.29, 1.82) is 0 Å². The van der Waals surface area contributed by atoms with Gasteiger partial charge < -0.3 is 20.9 Å². The summed E-state index contributed by atoms with van der Waals surface area (Å²) in [6, 6.07) is 6.11. The summed E-state index contributed by atoms with van der Waals surface area (Å²) in [5.41, 5.74) is 6.15. The summed E-state index contributed by atoms with van der Waals surface area (Å²) >= 11 is 0. The molecular formula is C14H18N2O5. The van der Waals surface area contributed by atoms with E-state index in [9.17, 15) is 14.4 Å². The van der Waals surface area contributed by atoms with Gasteiger partial charge >= 0.3 is 11.9 Å². The van der Waals surface area contributed by atoms with Crippen LogP contribution in [0.25, 0.3) is 0 Å². The van der Waals surface area contributed by atoms with E-state index >= 15 is 0 Å². The van der Waals surface area contributed by atoms with Gasteiger partial charge in [-0.2, -0.15) is 0 Å². The second-order valence-corrected chi connectivity index (χ2v) is 4.32. The lowest BCUT2D eigenvalue weighted by Gasteiger charge is -2.17. The molecule has 0 bridgehead atoms. The second-order valence-electron chi connectivity index (χ2n) is 4.32. The van der Waals surface area contributed by atoms with E-state index in [1.165, 1.54) is 0 Å². The maximum atomic E-state index is 11.8. The third-order valence-electron chi connectivity index (χ3n) is 2.72. The number of nitrogens with one attached hydrogen (secondary N) is 1. The fraction of sp³-hybridized carbons (Fsp3) is 0.357. The lowest BCUT2D eigenvalue weighted by atomic mass is 10.1. The van der Waals surface area contributed by atoms with Crippen LogP contribution in [0, 0.1) is 0 Å². The van der Waals surface area contributed by atoms with Crippen molar-refractivity contribution in [2.45, 2.75) is 25.4 Å². The van der Waals surface area contributed by atoms with Gasteiger partial charge in [-0.15, -0.1) is 0 Å². The number of rotatable bonds is 7.